The Morgan fingerprint density at radius 1 is 0.900 bits per heavy atom. The lowest BCUT2D eigenvalue weighted by Gasteiger charge is -2.19. The summed E-state index contributed by atoms with van der Waals surface area (Å²) in [5, 5.41) is 3.63. The molecule has 0 radical (unpaired) electrons. The first-order valence-electron chi connectivity index (χ1n) is 11.5. The minimum absolute atomic E-state index is 0.202. The van der Waals surface area contributed by atoms with Crippen molar-refractivity contribution in [3.8, 4) is 0 Å². The van der Waals surface area contributed by atoms with Gasteiger partial charge in [-0.3, -0.25) is 4.79 Å². The number of hydrogen-bond acceptors (Lipinski definition) is 5. The Morgan fingerprint density at radius 3 is 2.10 bits per heavy atom. The van der Waals surface area contributed by atoms with Gasteiger partial charge < -0.3 is 14.2 Å². The smallest absolute Gasteiger partial charge is 0.306 e. The Kier molecular flexibility index (Phi) is 15.7. The van der Waals surface area contributed by atoms with Crippen molar-refractivity contribution in [2.75, 3.05) is 19.8 Å². The van der Waals surface area contributed by atoms with Crippen molar-refractivity contribution in [2.24, 2.45) is 10.5 Å². The van der Waals surface area contributed by atoms with Crippen molar-refractivity contribution in [3.05, 3.63) is 10.4 Å². The minimum atomic E-state index is -0.617. The molecule has 0 N–H and O–H groups in total. The molecular formula is C23H45N3O4. The summed E-state index contributed by atoms with van der Waals surface area (Å²) in [5.74, 6) is -0.202. The molecule has 0 bridgehead atoms. The van der Waals surface area contributed by atoms with Gasteiger partial charge in [0.05, 0.1) is 6.61 Å². The second-order valence-corrected chi connectivity index (χ2v) is 10.1. The van der Waals surface area contributed by atoms with Gasteiger partial charge in [0, 0.05) is 24.5 Å². The van der Waals surface area contributed by atoms with Crippen molar-refractivity contribution in [1.29, 1.82) is 0 Å². The molecule has 7 nitrogen and oxygen atoms in total. The fraction of sp³-hybridized carbons (Fsp3) is 0.957. The Hall–Kier alpha value is -1.30. The van der Waals surface area contributed by atoms with Gasteiger partial charge in [-0.15, -0.1) is 0 Å². The zero-order valence-corrected chi connectivity index (χ0v) is 20.2. The first kappa shape index (κ1) is 28.7. The fourth-order valence-corrected chi connectivity index (χ4v) is 2.91. The van der Waals surface area contributed by atoms with E-state index in [9.17, 15) is 4.79 Å². The molecule has 0 saturated heterocycles. The van der Waals surface area contributed by atoms with E-state index in [-0.39, 0.29) is 12.6 Å². The Labute approximate surface area is 183 Å². The second kappa shape index (κ2) is 16.4. The number of rotatable bonds is 17. The van der Waals surface area contributed by atoms with Crippen LogP contribution in [0.15, 0.2) is 5.11 Å². The van der Waals surface area contributed by atoms with Crippen LogP contribution in [0, 0.1) is 5.41 Å². The summed E-state index contributed by atoms with van der Waals surface area (Å²) in [6, 6.07) is 0. The predicted molar refractivity (Wildman–Crippen MR) is 121 cm³/mol. The largest absolute Gasteiger partial charge is 0.460 e. The van der Waals surface area contributed by atoms with Gasteiger partial charge in [0.25, 0.3) is 0 Å². The number of carbonyl (C=O) groups excluding carboxylic acids is 1. The van der Waals surface area contributed by atoms with Crippen molar-refractivity contribution < 1.29 is 19.0 Å². The van der Waals surface area contributed by atoms with E-state index < -0.39 is 11.8 Å². The van der Waals surface area contributed by atoms with E-state index in [1.54, 1.807) is 0 Å². The average molecular weight is 428 g/mol. The van der Waals surface area contributed by atoms with E-state index in [2.05, 4.69) is 30.8 Å². The monoisotopic (exact) mass is 427 g/mol. The van der Waals surface area contributed by atoms with Crippen molar-refractivity contribution in [1.82, 2.24) is 0 Å². The van der Waals surface area contributed by atoms with E-state index in [4.69, 9.17) is 19.7 Å². The highest BCUT2D eigenvalue weighted by Gasteiger charge is 2.15. The third-order valence-corrected chi connectivity index (χ3v) is 4.41. The van der Waals surface area contributed by atoms with Crippen LogP contribution in [0.4, 0.5) is 0 Å². The fourth-order valence-electron chi connectivity index (χ4n) is 2.91. The van der Waals surface area contributed by atoms with Crippen LogP contribution in [0.5, 0.6) is 0 Å². The summed E-state index contributed by atoms with van der Waals surface area (Å²) in [6.45, 7) is 13.8. The number of ether oxygens (including phenoxy) is 3. The van der Waals surface area contributed by atoms with Crippen molar-refractivity contribution in [3.63, 3.8) is 0 Å². The maximum absolute atomic E-state index is 11.6. The van der Waals surface area contributed by atoms with Gasteiger partial charge in [0.15, 0.2) is 6.23 Å². The molecule has 0 aromatic heterocycles. The lowest BCUT2D eigenvalue weighted by Crippen LogP contribution is -2.23. The van der Waals surface area contributed by atoms with Crippen LogP contribution < -0.4 is 0 Å². The molecule has 1 unspecified atom stereocenters. The number of esters is 1. The number of carbonyl (C=O) groups is 1. The van der Waals surface area contributed by atoms with Crippen LogP contribution in [0.3, 0.4) is 0 Å². The van der Waals surface area contributed by atoms with E-state index in [1.807, 2.05) is 20.8 Å². The number of hydrogen-bond donors (Lipinski definition) is 0. The molecule has 0 amide bonds. The number of azide groups is 1. The zero-order valence-electron chi connectivity index (χ0n) is 20.2. The highest BCUT2D eigenvalue weighted by Crippen LogP contribution is 2.22. The zero-order chi connectivity index (χ0) is 22.9. The van der Waals surface area contributed by atoms with Gasteiger partial charge >= 0.3 is 5.97 Å². The maximum Gasteiger partial charge on any atom is 0.306 e. The minimum Gasteiger partial charge on any atom is -0.460 e. The molecule has 7 heteroatoms. The molecule has 0 heterocycles. The van der Waals surface area contributed by atoms with E-state index >= 15 is 0 Å². The SMILES string of the molecule is CC(C)(C)CCCCCCCCOCC(N=[N+]=[N-])OCCCCC(=O)OC(C)(C)C. The molecule has 0 aliphatic heterocycles. The highest BCUT2D eigenvalue weighted by molar-refractivity contribution is 5.69. The third-order valence-electron chi connectivity index (χ3n) is 4.41. The molecule has 0 aromatic carbocycles. The first-order valence-corrected chi connectivity index (χ1v) is 11.5. The summed E-state index contributed by atoms with van der Waals surface area (Å²) in [4.78, 5) is 14.5. The molecule has 0 fully saturated rings. The number of nitrogens with zero attached hydrogens (tertiary/aromatic N) is 3. The van der Waals surface area contributed by atoms with Gasteiger partial charge in [-0.05, 0) is 57.4 Å². The summed E-state index contributed by atoms with van der Waals surface area (Å²) in [6.07, 6.45) is 9.71. The lowest BCUT2D eigenvalue weighted by atomic mass is 9.89. The number of unbranched alkanes of at least 4 members (excludes halogenated alkanes) is 6. The lowest BCUT2D eigenvalue weighted by molar-refractivity contribution is -0.155. The average Bonchev–Trinajstić information content (AvgIpc) is 2.60. The molecular weight excluding hydrogens is 382 g/mol. The van der Waals surface area contributed by atoms with Crippen LogP contribution >= 0.6 is 0 Å². The van der Waals surface area contributed by atoms with Gasteiger partial charge in [-0.2, -0.15) is 0 Å². The van der Waals surface area contributed by atoms with Gasteiger partial charge in [-0.1, -0.05) is 58.0 Å². The Morgan fingerprint density at radius 2 is 1.50 bits per heavy atom. The predicted octanol–water partition coefficient (Wildman–Crippen LogP) is 6.94. The Bertz CT molecular complexity index is 492. The molecule has 0 rings (SSSR count). The topological polar surface area (TPSA) is 93.5 Å². The van der Waals surface area contributed by atoms with Crippen LogP contribution in [0.25, 0.3) is 10.4 Å². The summed E-state index contributed by atoms with van der Waals surface area (Å²) < 4.78 is 16.4. The quantitative estimate of drug-likeness (QED) is 0.0825. The first-order chi connectivity index (χ1) is 14.0. The molecule has 0 spiro atoms. The second-order valence-electron chi connectivity index (χ2n) is 10.1. The normalized spacial score (nSPS) is 13.0. The third kappa shape index (κ3) is 21.4. The molecule has 0 saturated carbocycles. The van der Waals surface area contributed by atoms with E-state index in [0.29, 0.717) is 37.9 Å². The maximum atomic E-state index is 11.6. The highest BCUT2D eigenvalue weighted by atomic mass is 16.6. The van der Waals surface area contributed by atoms with Crippen LogP contribution in [-0.2, 0) is 19.0 Å². The van der Waals surface area contributed by atoms with Crippen LogP contribution in [0.2, 0.25) is 0 Å². The van der Waals surface area contributed by atoms with Crippen LogP contribution in [0.1, 0.15) is 106 Å². The van der Waals surface area contributed by atoms with Gasteiger partial charge in [-0.25, -0.2) is 0 Å². The van der Waals surface area contributed by atoms with Gasteiger partial charge in [0.2, 0.25) is 0 Å². The summed E-state index contributed by atoms with van der Waals surface area (Å²) in [7, 11) is 0. The molecule has 1 atom stereocenters. The molecule has 0 aliphatic rings. The van der Waals surface area contributed by atoms with E-state index in [0.717, 1.165) is 12.8 Å². The summed E-state index contributed by atoms with van der Waals surface area (Å²) in [5.41, 5.74) is 8.66. The molecule has 0 aliphatic carbocycles. The molecule has 30 heavy (non-hydrogen) atoms. The van der Waals surface area contributed by atoms with E-state index in [1.165, 1.54) is 32.1 Å². The Balaban J connectivity index is 3.67. The van der Waals surface area contributed by atoms with Crippen molar-refractivity contribution >= 4 is 5.97 Å². The van der Waals surface area contributed by atoms with Crippen LogP contribution in [-0.4, -0.2) is 37.6 Å². The molecule has 0 aromatic rings. The summed E-state index contributed by atoms with van der Waals surface area (Å²) >= 11 is 0. The van der Waals surface area contributed by atoms with Gasteiger partial charge in [0.1, 0.15) is 5.60 Å². The van der Waals surface area contributed by atoms with Crippen molar-refractivity contribution in [2.45, 2.75) is 118 Å². The molecule has 176 valence electrons. The standard InChI is InChI=1S/C23H45N3O4/c1-22(2,3)16-12-9-7-8-10-13-17-28-19-20(25-26-24)29-18-14-11-15-21(27)30-23(4,5)6/h20H,7-19H2,1-6H3.